The zero-order valence-corrected chi connectivity index (χ0v) is 12.1. The van der Waals surface area contributed by atoms with Gasteiger partial charge in [0.05, 0.1) is 6.61 Å². The van der Waals surface area contributed by atoms with Crippen molar-refractivity contribution in [3.63, 3.8) is 0 Å². The molecule has 2 nitrogen and oxygen atoms in total. The van der Waals surface area contributed by atoms with E-state index in [0.717, 1.165) is 12.8 Å². The van der Waals surface area contributed by atoms with E-state index in [1.54, 1.807) is 7.05 Å². The molecule has 0 spiro atoms. The highest BCUT2D eigenvalue weighted by atomic mass is 19.1. The van der Waals surface area contributed by atoms with Gasteiger partial charge in [-0.2, -0.15) is 0 Å². The standard InChI is InChI=1S/C16H26FNO/c1-3-16(17,14-18-2)11-7-8-12-19-13-15-9-5-4-6-10-15/h4-6,9-10,18H,3,7-8,11-14H2,1-2H3. The van der Waals surface area contributed by atoms with Crippen molar-refractivity contribution in [2.75, 3.05) is 20.2 Å². The Bertz CT molecular complexity index is 331. The van der Waals surface area contributed by atoms with Crippen LogP contribution in [0.25, 0.3) is 0 Å². The van der Waals surface area contributed by atoms with E-state index in [2.05, 4.69) is 17.4 Å². The van der Waals surface area contributed by atoms with Crippen molar-refractivity contribution < 1.29 is 9.13 Å². The molecule has 1 atom stereocenters. The predicted molar refractivity (Wildman–Crippen MR) is 78.0 cm³/mol. The first-order chi connectivity index (χ1) is 9.20. The predicted octanol–water partition coefficient (Wildman–Crippen LogP) is 3.71. The number of hydrogen-bond acceptors (Lipinski definition) is 2. The van der Waals surface area contributed by atoms with Gasteiger partial charge in [0, 0.05) is 13.2 Å². The van der Waals surface area contributed by atoms with Crippen LogP contribution in [0.4, 0.5) is 4.39 Å². The molecular formula is C16H26FNO. The molecule has 0 saturated carbocycles. The SMILES string of the molecule is CCC(F)(CCCCOCc1ccccc1)CNC. The van der Waals surface area contributed by atoms with Gasteiger partial charge < -0.3 is 10.1 Å². The zero-order chi connectivity index (χ0) is 14.0. The Hall–Kier alpha value is -0.930. The molecule has 0 radical (unpaired) electrons. The lowest BCUT2D eigenvalue weighted by Crippen LogP contribution is -2.34. The number of alkyl halides is 1. The Labute approximate surface area is 116 Å². The first-order valence-corrected chi connectivity index (χ1v) is 7.15. The third-order valence-corrected chi connectivity index (χ3v) is 3.40. The molecule has 1 aromatic rings. The van der Waals surface area contributed by atoms with Gasteiger partial charge in [0.2, 0.25) is 0 Å². The van der Waals surface area contributed by atoms with Gasteiger partial charge in [-0.1, -0.05) is 37.3 Å². The second kappa shape index (κ2) is 9.05. The molecule has 0 bridgehead atoms. The summed E-state index contributed by atoms with van der Waals surface area (Å²) in [5.74, 6) is 0. The largest absolute Gasteiger partial charge is 0.377 e. The summed E-state index contributed by atoms with van der Waals surface area (Å²) in [4.78, 5) is 0. The molecule has 19 heavy (non-hydrogen) atoms. The minimum Gasteiger partial charge on any atom is -0.377 e. The van der Waals surface area contributed by atoms with Crippen LogP contribution in [-0.4, -0.2) is 25.9 Å². The molecule has 3 heteroatoms. The second-order valence-corrected chi connectivity index (χ2v) is 5.03. The summed E-state index contributed by atoms with van der Waals surface area (Å²) in [7, 11) is 1.80. The molecule has 0 aliphatic rings. The smallest absolute Gasteiger partial charge is 0.123 e. The number of benzene rings is 1. The molecule has 1 unspecified atom stereocenters. The molecule has 0 aliphatic carbocycles. The van der Waals surface area contributed by atoms with Crippen molar-refractivity contribution in [3.8, 4) is 0 Å². The molecule has 0 fully saturated rings. The van der Waals surface area contributed by atoms with Gasteiger partial charge in [-0.15, -0.1) is 0 Å². The first kappa shape index (κ1) is 16.1. The quantitative estimate of drug-likeness (QED) is 0.652. The summed E-state index contributed by atoms with van der Waals surface area (Å²) < 4.78 is 19.8. The average Bonchev–Trinajstić information content (AvgIpc) is 2.44. The Morgan fingerprint density at radius 1 is 1.21 bits per heavy atom. The fourth-order valence-corrected chi connectivity index (χ4v) is 2.12. The Morgan fingerprint density at radius 2 is 1.95 bits per heavy atom. The molecule has 1 N–H and O–H groups in total. The van der Waals surface area contributed by atoms with Crippen LogP contribution in [0.2, 0.25) is 0 Å². The van der Waals surface area contributed by atoms with E-state index in [0.29, 0.717) is 32.6 Å². The first-order valence-electron chi connectivity index (χ1n) is 7.15. The number of ether oxygens (including phenoxy) is 1. The van der Waals surface area contributed by atoms with E-state index in [-0.39, 0.29) is 0 Å². The summed E-state index contributed by atoms with van der Waals surface area (Å²) in [6, 6.07) is 10.1. The second-order valence-electron chi connectivity index (χ2n) is 5.03. The van der Waals surface area contributed by atoms with E-state index in [9.17, 15) is 4.39 Å². The third-order valence-electron chi connectivity index (χ3n) is 3.40. The molecule has 0 aliphatic heterocycles. The van der Waals surface area contributed by atoms with Crippen LogP contribution in [0.1, 0.15) is 38.2 Å². The van der Waals surface area contributed by atoms with Crippen LogP contribution in [0.5, 0.6) is 0 Å². The van der Waals surface area contributed by atoms with Crippen molar-refractivity contribution in [1.82, 2.24) is 5.32 Å². The lowest BCUT2D eigenvalue weighted by Gasteiger charge is -2.23. The monoisotopic (exact) mass is 267 g/mol. The average molecular weight is 267 g/mol. The van der Waals surface area contributed by atoms with Crippen LogP contribution >= 0.6 is 0 Å². The highest BCUT2D eigenvalue weighted by molar-refractivity contribution is 5.13. The minimum absolute atomic E-state index is 0.439. The summed E-state index contributed by atoms with van der Waals surface area (Å²) in [6.07, 6.45) is 2.97. The van der Waals surface area contributed by atoms with E-state index in [1.165, 1.54) is 5.56 Å². The van der Waals surface area contributed by atoms with Crippen LogP contribution in [0, 0.1) is 0 Å². The fourth-order valence-electron chi connectivity index (χ4n) is 2.12. The summed E-state index contributed by atoms with van der Waals surface area (Å²) >= 11 is 0. The van der Waals surface area contributed by atoms with Gasteiger partial charge in [0.25, 0.3) is 0 Å². The number of hydrogen-bond donors (Lipinski definition) is 1. The molecular weight excluding hydrogens is 241 g/mol. The maximum Gasteiger partial charge on any atom is 0.123 e. The molecule has 0 saturated heterocycles. The van der Waals surface area contributed by atoms with Crippen LogP contribution < -0.4 is 5.32 Å². The van der Waals surface area contributed by atoms with Crippen LogP contribution in [0.3, 0.4) is 0 Å². The summed E-state index contributed by atoms with van der Waals surface area (Å²) in [6.45, 7) is 3.69. The van der Waals surface area contributed by atoms with Gasteiger partial charge in [-0.3, -0.25) is 0 Å². The van der Waals surface area contributed by atoms with E-state index in [4.69, 9.17) is 4.74 Å². The normalized spacial score (nSPS) is 14.3. The Kier molecular flexibility index (Phi) is 7.68. The highest BCUT2D eigenvalue weighted by Crippen LogP contribution is 2.22. The van der Waals surface area contributed by atoms with E-state index < -0.39 is 5.67 Å². The van der Waals surface area contributed by atoms with Crippen LogP contribution in [0.15, 0.2) is 30.3 Å². The van der Waals surface area contributed by atoms with Gasteiger partial charge in [-0.05, 0) is 38.3 Å². The minimum atomic E-state index is -1.06. The lowest BCUT2D eigenvalue weighted by molar-refractivity contribution is 0.103. The fraction of sp³-hybridized carbons (Fsp3) is 0.625. The van der Waals surface area contributed by atoms with Crippen molar-refractivity contribution in [3.05, 3.63) is 35.9 Å². The topological polar surface area (TPSA) is 21.3 Å². The maximum absolute atomic E-state index is 14.2. The van der Waals surface area contributed by atoms with E-state index >= 15 is 0 Å². The zero-order valence-electron chi connectivity index (χ0n) is 12.1. The van der Waals surface area contributed by atoms with Crippen molar-refractivity contribution >= 4 is 0 Å². The van der Waals surface area contributed by atoms with Gasteiger partial charge in [-0.25, -0.2) is 4.39 Å². The molecule has 1 aromatic carbocycles. The molecule has 1 rings (SSSR count). The van der Waals surface area contributed by atoms with Crippen LogP contribution in [-0.2, 0) is 11.3 Å². The molecule has 108 valence electrons. The lowest BCUT2D eigenvalue weighted by atomic mass is 9.96. The Balaban J connectivity index is 2.08. The molecule has 0 amide bonds. The maximum atomic E-state index is 14.2. The number of unbranched alkanes of at least 4 members (excludes halogenated alkanes) is 1. The van der Waals surface area contributed by atoms with Crippen molar-refractivity contribution in [1.29, 1.82) is 0 Å². The number of nitrogens with one attached hydrogen (secondary N) is 1. The third kappa shape index (κ3) is 6.69. The van der Waals surface area contributed by atoms with Crippen molar-refractivity contribution in [2.24, 2.45) is 0 Å². The number of halogens is 1. The van der Waals surface area contributed by atoms with E-state index in [1.807, 2.05) is 25.1 Å². The Morgan fingerprint density at radius 3 is 2.58 bits per heavy atom. The summed E-state index contributed by atoms with van der Waals surface area (Å²) in [5.41, 5.74) is 0.125. The summed E-state index contributed by atoms with van der Waals surface area (Å²) in [5, 5.41) is 2.93. The highest BCUT2D eigenvalue weighted by Gasteiger charge is 2.25. The van der Waals surface area contributed by atoms with Gasteiger partial charge >= 0.3 is 0 Å². The number of rotatable bonds is 10. The van der Waals surface area contributed by atoms with Gasteiger partial charge in [0.15, 0.2) is 0 Å². The molecule has 0 heterocycles. The van der Waals surface area contributed by atoms with Gasteiger partial charge in [0.1, 0.15) is 5.67 Å². The molecule has 0 aromatic heterocycles. The van der Waals surface area contributed by atoms with Crippen molar-refractivity contribution in [2.45, 2.75) is 44.9 Å².